The maximum atomic E-state index is 9.27. The molecular weight excluding hydrogens is 413 g/mol. The number of hydrogen-bond acceptors (Lipinski definition) is 2. The lowest BCUT2D eigenvalue weighted by molar-refractivity contribution is 0.475. The average molecular weight is 443 g/mol. The maximum absolute atomic E-state index is 9.27. The molecule has 0 aromatic heterocycles. The highest BCUT2D eigenvalue weighted by atomic mass is 127. The molecule has 0 heterocycles. The molecule has 0 bridgehead atoms. The second-order valence-electron chi connectivity index (χ2n) is 6.05. The predicted molar refractivity (Wildman–Crippen MR) is 112 cm³/mol. The number of rotatable bonds is 7. The Bertz CT molecular complexity index is 526. The first-order valence-corrected chi connectivity index (χ1v) is 8.68. The minimum atomic E-state index is 0. The first kappa shape index (κ1) is 20.8. The van der Waals surface area contributed by atoms with Gasteiger partial charge in [-0.1, -0.05) is 23.8 Å². The molecule has 0 amide bonds. The Kier molecular flexibility index (Phi) is 10.5. The molecule has 0 radical (unpaired) electrons. The molecule has 0 saturated heterocycles. The maximum Gasteiger partial charge on any atom is 0.190 e. The summed E-state index contributed by atoms with van der Waals surface area (Å²) < 4.78 is 0. The number of benzene rings is 1. The standard InChI is InChI=1S/C19H29N3O.HI/c1-20-19(22-15-13-16-6-3-2-4-7-16)21-14-5-8-17-9-11-18(23)12-10-17;/h6,9-12,23H,2-5,7-8,13-15H2,1H3,(H2,20,21,22);1H. The molecule has 0 aliphatic heterocycles. The van der Waals surface area contributed by atoms with Gasteiger partial charge in [-0.2, -0.15) is 0 Å². The Balaban J connectivity index is 0.00000288. The molecule has 134 valence electrons. The minimum absolute atomic E-state index is 0. The first-order valence-electron chi connectivity index (χ1n) is 8.68. The molecule has 1 aromatic carbocycles. The van der Waals surface area contributed by atoms with Gasteiger partial charge in [0.05, 0.1) is 0 Å². The van der Waals surface area contributed by atoms with Crippen LogP contribution in [-0.2, 0) is 6.42 Å². The van der Waals surface area contributed by atoms with Gasteiger partial charge in [-0.25, -0.2) is 0 Å². The number of phenols is 1. The van der Waals surface area contributed by atoms with Crippen molar-refractivity contribution in [2.45, 2.75) is 44.9 Å². The fourth-order valence-corrected chi connectivity index (χ4v) is 2.86. The average Bonchev–Trinajstić information content (AvgIpc) is 2.59. The third-order valence-electron chi connectivity index (χ3n) is 4.22. The topological polar surface area (TPSA) is 56.7 Å². The molecule has 0 atom stereocenters. The van der Waals surface area contributed by atoms with Gasteiger partial charge in [0.2, 0.25) is 0 Å². The van der Waals surface area contributed by atoms with Crippen molar-refractivity contribution in [2.75, 3.05) is 20.1 Å². The number of phenolic OH excluding ortho intramolecular Hbond substituents is 1. The molecule has 24 heavy (non-hydrogen) atoms. The number of nitrogens with zero attached hydrogens (tertiary/aromatic N) is 1. The Morgan fingerprint density at radius 3 is 2.50 bits per heavy atom. The molecule has 0 unspecified atom stereocenters. The SMILES string of the molecule is CN=C(NCCCc1ccc(O)cc1)NCCC1=CCCCC1.I. The van der Waals surface area contributed by atoms with E-state index >= 15 is 0 Å². The Morgan fingerprint density at radius 1 is 1.08 bits per heavy atom. The van der Waals surface area contributed by atoms with E-state index in [1.165, 1.54) is 31.2 Å². The van der Waals surface area contributed by atoms with E-state index in [1.807, 2.05) is 19.2 Å². The molecule has 0 saturated carbocycles. The van der Waals surface area contributed by atoms with Gasteiger partial charge in [-0.05, 0) is 62.6 Å². The summed E-state index contributed by atoms with van der Waals surface area (Å²) in [6, 6.07) is 7.42. The van der Waals surface area contributed by atoms with Crippen LogP contribution in [0.5, 0.6) is 5.75 Å². The highest BCUT2D eigenvalue weighted by molar-refractivity contribution is 14.0. The third-order valence-corrected chi connectivity index (χ3v) is 4.22. The summed E-state index contributed by atoms with van der Waals surface area (Å²) in [6.07, 6.45) is 10.8. The largest absolute Gasteiger partial charge is 0.508 e. The number of halogens is 1. The summed E-state index contributed by atoms with van der Waals surface area (Å²) in [4.78, 5) is 4.27. The van der Waals surface area contributed by atoms with Gasteiger partial charge in [0.15, 0.2) is 5.96 Å². The van der Waals surface area contributed by atoms with E-state index in [-0.39, 0.29) is 24.0 Å². The number of hydrogen-bond donors (Lipinski definition) is 3. The van der Waals surface area contributed by atoms with Gasteiger partial charge < -0.3 is 15.7 Å². The van der Waals surface area contributed by atoms with Crippen LogP contribution in [0.2, 0.25) is 0 Å². The first-order chi connectivity index (χ1) is 11.3. The molecule has 1 aromatic rings. The molecule has 1 aliphatic rings. The van der Waals surface area contributed by atoms with Crippen molar-refractivity contribution >= 4 is 29.9 Å². The van der Waals surface area contributed by atoms with Crippen LogP contribution in [-0.4, -0.2) is 31.2 Å². The molecule has 2 rings (SSSR count). The van der Waals surface area contributed by atoms with E-state index < -0.39 is 0 Å². The monoisotopic (exact) mass is 443 g/mol. The van der Waals surface area contributed by atoms with Crippen LogP contribution in [0.15, 0.2) is 40.9 Å². The smallest absolute Gasteiger partial charge is 0.190 e. The molecule has 3 N–H and O–H groups in total. The highest BCUT2D eigenvalue weighted by Gasteiger charge is 2.04. The van der Waals surface area contributed by atoms with Gasteiger partial charge in [-0.3, -0.25) is 4.99 Å². The zero-order chi connectivity index (χ0) is 16.3. The van der Waals surface area contributed by atoms with Crippen molar-refractivity contribution in [3.05, 3.63) is 41.5 Å². The summed E-state index contributed by atoms with van der Waals surface area (Å²) in [5.41, 5.74) is 2.84. The highest BCUT2D eigenvalue weighted by Crippen LogP contribution is 2.19. The summed E-state index contributed by atoms with van der Waals surface area (Å²) in [5.74, 6) is 1.21. The predicted octanol–water partition coefficient (Wildman–Crippen LogP) is 4.00. The van der Waals surface area contributed by atoms with Gasteiger partial charge in [0.25, 0.3) is 0 Å². The third kappa shape index (κ3) is 8.04. The van der Waals surface area contributed by atoms with E-state index in [0.29, 0.717) is 5.75 Å². The molecule has 4 nitrogen and oxygen atoms in total. The van der Waals surface area contributed by atoms with Crippen molar-refractivity contribution in [1.82, 2.24) is 10.6 Å². The van der Waals surface area contributed by atoms with Gasteiger partial charge >= 0.3 is 0 Å². The lowest BCUT2D eigenvalue weighted by Crippen LogP contribution is -2.38. The van der Waals surface area contributed by atoms with Crippen molar-refractivity contribution in [3.63, 3.8) is 0 Å². The number of aliphatic imine (C=N–C) groups is 1. The Labute approximate surface area is 162 Å². The zero-order valence-corrected chi connectivity index (χ0v) is 16.9. The number of aryl methyl sites for hydroxylation is 1. The lowest BCUT2D eigenvalue weighted by atomic mass is 9.97. The van der Waals surface area contributed by atoms with E-state index in [9.17, 15) is 5.11 Å². The van der Waals surface area contributed by atoms with Crippen molar-refractivity contribution in [2.24, 2.45) is 4.99 Å². The Hall–Kier alpha value is -1.24. The Morgan fingerprint density at radius 2 is 1.83 bits per heavy atom. The number of nitrogens with one attached hydrogen (secondary N) is 2. The van der Waals surface area contributed by atoms with E-state index in [1.54, 1.807) is 17.7 Å². The van der Waals surface area contributed by atoms with Crippen LogP contribution in [0.4, 0.5) is 0 Å². The van der Waals surface area contributed by atoms with Crippen LogP contribution in [0, 0.1) is 0 Å². The molecule has 5 heteroatoms. The van der Waals surface area contributed by atoms with E-state index in [0.717, 1.165) is 38.3 Å². The van der Waals surface area contributed by atoms with Crippen LogP contribution < -0.4 is 10.6 Å². The quantitative estimate of drug-likeness (QED) is 0.196. The summed E-state index contributed by atoms with van der Waals surface area (Å²) in [7, 11) is 1.81. The molecule has 0 spiro atoms. The lowest BCUT2D eigenvalue weighted by Gasteiger charge is -2.15. The van der Waals surface area contributed by atoms with Crippen LogP contribution in [0.1, 0.15) is 44.1 Å². The second kappa shape index (κ2) is 12.2. The van der Waals surface area contributed by atoms with Gasteiger partial charge in [-0.15, -0.1) is 24.0 Å². The summed E-state index contributed by atoms with van der Waals surface area (Å²) >= 11 is 0. The van der Waals surface area contributed by atoms with Crippen molar-refractivity contribution in [1.29, 1.82) is 0 Å². The molecule has 1 aliphatic carbocycles. The minimum Gasteiger partial charge on any atom is -0.508 e. The number of guanidine groups is 1. The number of aromatic hydroxyl groups is 1. The summed E-state index contributed by atoms with van der Waals surface area (Å²) in [5, 5.41) is 16.0. The molecular formula is C19H30IN3O. The van der Waals surface area contributed by atoms with E-state index in [4.69, 9.17) is 0 Å². The van der Waals surface area contributed by atoms with Crippen LogP contribution in [0.25, 0.3) is 0 Å². The van der Waals surface area contributed by atoms with Crippen molar-refractivity contribution < 1.29 is 5.11 Å². The van der Waals surface area contributed by atoms with Gasteiger partial charge in [0.1, 0.15) is 5.75 Å². The normalized spacial score (nSPS) is 14.5. The fourth-order valence-electron chi connectivity index (χ4n) is 2.86. The number of allylic oxidation sites excluding steroid dienone is 1. The molecule has 0 fully saturated rings. The zero-order valence-electron chi connectivity index (χ0n) is 14.6. The van der Waals surface area contributed by atoms with Crippen LogP contribution in [0.3, 0.4) is 0 Å². The van der Waals surface area contributed by atoms with Crippen LogP contribution >= 0.6 is 24.0 Å². The van der Waals surface area contributed by atoms with E-state index in [2.05, 4.69) is 21.7 Å². The van der Waals surface area contributed by atoms with Crippen molar-refractivity contribution in [3.8, 4) is 5.75 Å². The second-order valence-corrected chi connectivity index (χ2v) is 6.05. The summed E-state index contributed by atoms with van der Waals surface area (Å²) in [6.45, 7) is 1.84. The van der Waals surface area contributed by atoms with Gasteiger partial charge in [0, 0.05) is 20.1 Å². The fraction of sp³-hybridized carbons (Fsp3) is 0.526.